The monoisotopic (exact) mass is 252 g/mol. The van der Waals surface area contributed by atoms with Crippen molar-refractivity contribution in [3.63, 3.8) is 0 Å². The standard InChI is InChI=1S/C13H20N2O3/c1-9-11(14)5-4-6-12(9)18-10(2)13(16)15-7-8-17-3/h4-6,10H,7-8,14H2,1-3H3,(H,15,16). The molecule has 0 heterocycles. The van der Waals surface area contributed by atoms with E-state index in [4.69, 9.17) is 15.2 Å². The molecule has 0 saturated heterocycles. The van der Waals surface area contributed by atoms with E-state index in [1.54, 1.807) is 32.2 Å². The second kappa shape index (κ2) is 6.86. The van der Waals surface area contributed by atoms with Crippen molar-refractivity contribution < 1.29 is 14.3 Å². The second-order valence-electron chi connectivity index (χ2n) is 4.01. The Morgan fingerprint density at radius 2 is 2.22 bits per heavy atom. The molecule has 5 heteroatoms. The molecule has 1 atom stereocenters. The van der Waals surface area contributed by atoms with Gasteiger partial charge in [0.25, 0.3) is 5.91 Å². The van der Waals surface area contributed by atoms with Crippen molar-refractivity contribution in [3.05, 3.63) is 23.8 Å². The van der Waals surface area contributed by atoms with Gasteiger partial charge in [-0.1, -0.05) is 6.07 Å². The number of rotatable bonds is 6. The van der Waals surface area contributed by atoms with Crippen LogP contribution in [0.25, 0.3) is 0 Å². The predicted molar refractivity (Wildman–Crippen MR) is 70.6 cm³/mol. The fraction of sp³-hybridized carbons (Fsp3) is 0.462. The molecular formula is C13H20N2O3. The van der Waals surface area contributed by atoms with Crippen molar-refractivity contribution in [1.29, 1.82) is 0 Å². The average Bonchev–Trinajstić information content (AvgIpc) is 2.35. The zero-order valence-corrected chi connectivity index (χ0v) is 11.0. The maximum atomic E-state index is 11.7. The van der Waals surface area contributed by atoms with Crippen molar-refractivity contribution >= 4 is 11.6 Å². The van der Waals surface area contributed by atoms with Gasteiger partial charge in [-0.25, -0.2) is 0 Å². The minimum atomic E-state index is -0.567. The molecule has 0 aliphatic heterocycles. The van der Waals surface area contributed by atoms with E-state index in [0.717, 1.165) is 5.56 Å². The van der Waals surface area contributed by atoms with Crippen LogP contribution in [-0.2, 0) is 9.53 Å². The van der Waals surface area contributed by atoms with E-state index in [2.05, 4.69) is 5.32 Å². The third-order valence-corrected chi connectivity index (χ3v) is 2.60. The SMILES string of the molecule is COCCNC(=O)C(C)Oc1cccc(N)c1C. The van der Waals surface area contributed by atoms with E-state index in [1.165, 1.54) is 0 Å². The number of anilines is 1. The lowest BCUT2D eigenvalue weighted by Gasteiger charge is -2.16. The number of nitrogens with one attached hydrogen (secondary N) is 1. The number of methoxy groups -OCH3 is 1. The van der Waals surface area contributed by atoms with E-state index >= 15 is 0 Å². The quantitative estimate of drug-likeness (QED) is 0.587. The van der Waals surface area contributed by atoms with E-state index in [-0.39, 0.29) is 5.91 Å². The Kier molecular flexibility index (Phi) is 5.45. The molecule has 1 rings (SSSR count). The molecule has 1 amide bonds. The van der Waals surface area contributed by atoms with Gasteiger partial charge in [0.15, 0.2) is 6.10 Å². The van der Waals surface area contributed by atoms with Gasteiger partial charge >= 0.3 is 0 Å². The van der Waals surface area contributed by atoms with Crippen molar-refractivity contribution in [2.45, 2.75) is 20.0 Å². The summed E-state index contributed by atoms with van der Waals surface area (Å²) in [7, 11) is 1.59. The smallest absolute Gasteiger partial charge is 0.260 e. The molecule has 1 aromatic carbocycles. The number of nitrogens with two attached hydrogens (primary N) is 1. The van der Waals surface area contributed by atoms with Gasteiger partial charge in [-0.15, -0.1) is 0 Å². The molecule has 0 bridgehead atoms. The first kappa shape index (κ1) is 14.3. The maximum absolute atomic E-state index is 11.7. The first-order valence-corrected chi connectivity index (χ1v) is 5.84. The summed E-state index contributed by atoms with van der Waals surface area (Å²) in [5.41, 5.74) is 7.27. The van der Waals surface area contributed by atoms with Gasteiger partial charge in [0.05, 0.1) is 6.61 Å². The highest BCUT2D eigenvalue weighted by Gasteiger charge is 2.15. The number of benzene rings is 1. The molecule has 0 saturated carbocycles. The van der Waals surface area contributed by atoms with Gasteiger partial charge < -0.3 is 20.5 Å². The van der Waals surface area contributed by atoms with E-state index in [9.17, 15) is 4.79 Å². The van der Waals surface area contributed by atoms with Crippen LogP contribution in [-0.4, -0.2) is 32.3 Å². The number of carbonyl (C=O) groups is 1. The normalized spacial score (nSPS) is 11.9. The molecule has 0 fully saturated rings. The van der Waals surface area contributed by atoms with E-state index in [0.29, 0.717) is 24.6 Å². The number of hydrogen-bond donors (Lipinski definition) is 2. The molecule has 1 unspecified atom stereocenters. The van der Waals surface area contributed by atoms with Crippen LogP contribution in [0.4, 0.5) is 5.69 Å². The Morgan fingerprint density at radius 3 is 2.89 bits per heavy atom. The third kappa shape index (κ3) is 3.92. The summed E-state index contributed by atoms with van der Waals surface area (Å²) in [6.45, 7) is 4.51. The fourth-order valence-electron chi connectivity index (χ4n) is 1.42. The Labute approximate surface area is 107 Å². The Bertz CT molecular complexity index is 407. The summed E-state index contributed by atoms with van der Waals surface area (Å²) >= 11 is 0. The molecule has 0 aliphatic rings. The first-order chi connectivity index (χ1) is 8.56. The molecule has 1 aromatic rings. The summed E-state index contributed by atoms with van der Waals surface area (Å²) in [5, 5.41) is 2.72. The summed E-state index contributed by atoms with van der Waals surface area (Å²) in [5.74, 6) is 0.457. The largest absolute Gasteiger partial charge is 0.481 e. The Morgan fingerprint density at radius 1 is 1.50 bits per heavy atom. The van der Waals surface area contributed by atoms with Gasteiger partial charge in [-0.2, -0.15) is 0 Å². The van der Waals surface area contributed by atoms with Gasteiger partial charge in [-0.3, -0.25) is 4.79 Å². The number of carbonyl (C=O) groups excluding carboxylic acids is 1. The summed E-state index contributed by atoms with van der Waals surface area (Å²) in [6, 6.07) is 5.39. The lowest BCUT2D eigenvalue weighted by Crippen LogP contribution is -2.38. The van der Waals surface area contributed by atoms with Crippen LogP contribution in [0.1, 0.15) is 12.5 Å². The van der Waals surface area contributed by atoms with E-state index in [1.807, 2.05) is 6.92 Å². The van der Waals surface area contributed by atoms with Crippen molar-refractivity contribution in [3.8, 4) is 5.75 Å². The number of hydrogen-bond acceptors (Lipinski definition) is 4. The third-order valence-electron chi connectivity index (χ3n) is 2.60. The molecule has 0 aliphatic carbocycles. The number of amides is 1. The van der Waals surface area contributed by atoms with Crippen molar-refractivity contribution in [2.24, 2.45) is 0 Å². The lowest BCUT2D eigenvalue weighted by atomic mass is 10.2. The molecule has 0 aromatic heterocycles. The number of nitrogen functional groups attached to an aromatic ring is 1. The molecule has 0 radical (unpaired) electrons. The maximum Gasteiger partial charge on any atom is 0.260 e. The van der Waals surface area contributed by atoms with Crippen molar-refractivity contribution in [2.75, 3.05) is 26.0 Å². The highest BCUT2D eigenvalue weighted by Crippen LogP contribution is 2.23. The molecule has 18 heavy (non-hydrogen) atoms. The van der Waals surface area contributed by atoms with Crippen LogP contribution in [0.15, 0.2) is 18.2 Å². The predicted octanol–water partition coefficient (Wildman–Crippen LogP) is 1.11. The van der Waals surface area contributed by atoms with Gasteiger partial charge in [0.2, 0.25) is 0 Å². The highest BCUT2D eigenvalue weighted by molar-refractivity contribution is 5.80. The Balaban J connectivity index is 2.56. The first-order valence-electron chi connectivity index (χ1n) is 5.84. The van der Waals surface area contributed by atoms with Crippen LogP contribution in [0.2, 0.25) is 0 Å². The topological polar surface area (TPSA) is 73.6 Å². The second-order valence-corrected chi connectivity index (χ2v) is 4.01. The molecule has 5 nitrogen and oxygen atoms in total. The summed E-state index contributed by atoms with van der Waals surface area (Å²) < 4.78 is 10.4. The summed E-state index contributed by atoms with van der Waals surface area (Å²) in [6.07, 6.45) is -0.567. The van der Waals surface area contributed by atoms with Gasteiger partial charge in [-0.05, 0) is 26.0 Å². The van der Waals surface area contributed by atoms with Crippen molar-refractivity contribution in [1.82, 2.24) is 5.32 Å². The van der Waals surface area contributed by atoms with Gasteiger partial charge in [0.1, 0.15) is 5.75 Å². The van der Waals surface area contributed by atoms with Crippen LogP contribution < -0.4 is 15.8 Å². The molecule has 3 N–H and O–H groups in total. The van der Waals surface area contributed by atoms with Crippen LogP contribution in [0.3, 0.4) is 0 Å². The zero-order valence-electron chi connectivity index (χ0n) is 11.0. The fourth-order valence-corrected chi connectivity index (χ4v) is 1.42. The van der Waals surface area contributed by atoms with Gasteiger partial charge in [0, 0.05) is 24.9 Å². The van der Waals surface area contributed by atoms with Crippen LogP contribution in [0, 0.1) is 6.92 Å². The molecule has 100 valence electrons. The number of ether oxygens (including phenoxy) is 2. The minimum Gasteiger partial charge on any atom is -0.481 e. The highest BCUT2D eigenvalue weighted by atomic mass is 16.5. The minimum absolute atomic E-state index is 0.172. The van der Waals surface area contributed by atoms with Crippen LogP contribution in [0.5, 0.6) is 5.75 Å². The summed E-state index contributed by atoms with van der Waals surface area (Å²) in [4.78, 5) is 11.7. The average molecular weight is 252 g/mol. The molecular weight excluding hydrogens is 232 g/mol. The van der Waals surface area contributed by atoms with Crippen LogP contribution >= 0.6 is 0 Å². The lowest BCUT2D eigenvalue weighted by molar-refractivity contribution is -0.127. The zero-order chi connectivity index (χ0) is 13.5. The Hall–Kier alpha value is -1.75. The molecule has 0 spiro atoms. The van der Waals surface area contributed by atoms with E-state index < -0.39 is 6.10 Å².